The lowest BCUT2D eigenvalue weighted by atomic mass is 10.1. The van der Waals surface area contributed by atoms with Crippen molar-refractivity contribution in [3.8, 4) is 0 Å². The first-order valence-corrected chi connectivity index (χ1v) is 6.51. The Morgan fingerprint density at radius 1 is 1.43 bits per heavy atom. The van der Waals surface area contributed by atoms with E-state index >= 15 is 0 Å². The van der Waals surface area contributed by atoms with Gasteiger partial charge in [-0.15, -0.1) is 0 Å². The van der Waals surface area contributed by atoms with Crippen molar-refractivity contribution in [2.75, 3.05) is 0 Å². The minimum atomic E-state index is -0.474. The highest BCUT2D eigenvalue weighted by molar-refractivity contribution is 6.33. The molecule has 1 heterocycles. The second-order valence-electron chi connectivity index (χ2n) is 4.40. The van der Waals surface area contributed by atoms with Crippen molar-refractivity contribution in [2.45, 2.75) is 13.0 Å². The van der Waals surface area contributed by atoms with Crippen LogP contribution in [0.25, 0.3) is 0 Å². The molecule has 0 aliphatic carbocycles. The molecule has 1 aromatic carbocycles. The average Bonchev–Trinajstić information content (AvgIpc) is 2.47. The van der Waals surface area contributed by atoms with Gasteiger partial charge in [0.25, 0.3) is 11.6 Å². The minimum Gasteiger partial charge on any atom is -0.345 e. The summed E-state index contributed by atoms with van der Waals surface area (Å²) in [6.45, 7) is 1.74. The number of hydrogen-bond donors (Lipinski definition) is 1. The van der Waals surface area contributed by atoms with Gasteiger partial charge in [-0.2, -0.15) is 0 Å². The Morgan fingerprint density at radius 3 is 2.86 bits per heavy atom. The van der Waals surface area contributed by atoms with Gasteiger partial charge in [0.2, 0.25) is 0 Å². The molecule has 6 nitrogen and oxygen atoms in total. The summed E-state index contributed by atoms with van der Waals surface area (Å²) in [7, 11) is 0. The molecule has 1 atom stereocenters. The highest BCUT2D eigenvalue weighted by Crippen LogP contribution is 2.20. The molecule has 2 aromatic rings. The Kier molecular flexibility index (Phi) is 4.49. The first kappa shape index (κ1) is 14.9. The number of non-ortho nitro benzene ring substituents is 1. The Bertz CT molecular complexity index is 691. The molecule has 1 unspecified atom stereocenters. The van der Waals surface area contributed by atoms with Crippen LogP contribution in [0, 0.1) is 10.1 Å². The average molecular weight is 306 g/mol. The number of halogens is 1. The van der Waals surface area contributed by atoms with Crippen LogP contribution in [0.1, 0.15) is 28.9 Å². The molecular weight excluding hydrogens is 294 g/mol. The molecule has 0 aliphatic rings. The van der Waals surface area contributed by atoms with Gasteiger partial charge in [-0.1, -0.05) is 23.7 Å². The van der Waals surface area contributed by atoms with Gasteiger partial charge in [-0.25, -0.2) is 0 Å². The first-order chi connectivity index (χ1) is 9.99. The van der Waals surface area contributed by atoms with Gasteiger partial charge in [0.1, 0.15) is 0 Å². The van der Waals surface area contributed by atoms with E-state index in [1.165, 1.54) is 30.6 Å². The first-order valence-electron chi connectivity index (χ1n) is 6.14. The summed E-state index contributed by atoms with van der Waals surface area (Å²) in [5.74, 6) is -0.360. The molecule has 0 spiro atoms. The van der Waals surface area contributed by atoms with Crippen molar-refractivity contribution < 1.29 is 9.72 Å². The van der Waals surface area contributed by atoms with E-state index < -0.39 is 4.92 Å². The lowest BCUT2D eigenvalue weighted by molar-refractivity contribution is -0.384. The van der Waals surface area contributed by atoms with Crippen LogP contribution in [0.3, 0.4) is 0 Å². The zero-order valence-corrected chi connectivity index (χ0v) is 11.9. The third-order valence-corrected chi connectivity index (χ3v) is 3.25. The number of hydrogen-bond acceptors (Lipinski definition) is 4. The molecule has 21 heavy (non-hydrogen) atoms. The molecule has 7 heteroatoms. The van der Waals surface area contributed by atoms with Crippen molar-refractivity contribution in [1.29, 1.82) is 0 Å². The molecule has 108 valence electrons. The van der Waals surface area contributed by atoms with Crippen molar-refractivity contribution in [3.05, 3.63) is 69.0 Å². The standard InChI is InChI=1S/C14H12ClN3O3/c1-9(10-3-2-4-11(7-10)18(20)21)17-14(19)12-5-6-16-8-13(12)15/h2-9H,1H3,(H,17,19). The highest BCUT2D eigenvalue weighted by Gasteiger charge is 2.16. The maximum atomic E-state index is 12.1. The molecule has 1 aromatic heterocycles. The number of amides is 1. The summed E-state index contributed by atoms with van der Waals surface area (Å²) < 4.78 is 0. The topological polar surface area (TPSA) is 85.1 Å². The van der Waals surface area contributed by atoms with E-state index in [1.54, 1.807) is 19.1 Å². The lowest BCUT2D eigenvalue weighted by Crippen LogP contribution is -2.27. The summed E-state index contributed by atoms with van der Waals surface area (Å²) in [5, 5.41) is 13.8. The number of carbonyl (C=O) groups excluding carboxylic acids is 1. The van der Waals surface area contributed by atoms with Crippen LogP contribution in [0.5, 0.6) is 0 Å². The largest absolute Gasteiger partial charge is 0.345 e. The number of carbonyl (C=O) groups is 1. The number of nitro groups is 1. The Balaban J connectivity index is 2.16. The molecule has 0 fully saturated rings. The molecule has 0 aliphatic heterocycles. The Morgan fingerprint density at radius 2 is 2.19 bits per heavy atom. The van der Waals surface area contributed by atoms with E-state index in [9.17, 15) is 14.9 Å². The van der Waals surface area contributed by atoms with Crippen LogP contribution in [-0.4, -0.2) is 15.8 Å². The van der Waals surface area contributed by atoms with Crippen LogP contribution in [0.15, 0.2) is 42.7 Å². The number of nitro benzene ring substituents is 1. The second kappa shape index (κ2) is 6.32. The number of aromatic nitrogens is 1. The van der Waals surface area contributed by atoms with Gasteiger partial charge in [0.05, 0.1) is 21.6 Å². The maximum Gasteiger partial charge on any atom is 0.269 e. The van der Waals surface area contributed by atoms with Crippen molar-refractivity contribution in [3.63, 3.8) is 0 Å². The number of pyridine rings is 1. The maximum absolute atomic E-state index is 12.1. The summed E-state index contributed by atoms with van der Waals surface area (Å²) in [5.41, 5.74) is 0.933. The zero-order valence-electron chi connectivity index (χ0n) is 11.1. The normalized spacial score (nSPS) is 11.7. The monoisotopic (exact) mass is 305 g/mol. The van der Waals surface area contributed by atoms with Crippen LogP contribution in [-0.2, 0) is 0 Å². The second-order valence-corrected chi connectivity index (χ2v) is 4.81. The summed E-state index contributed by atoms with van der Waals surface area (Å²) in [6, 6.07) is 7.25. The predicted molar refractivity (Wildman–Crippen MR) is 78.2 cm³/mol. The molecule has 1 amide bonds. The predicted octanol–water partition coefficient (Wildman–Crippen LogP) is 3.13. The van der Waals surface area contributed by atoms with Crippen LogP contribution in [0.4, 0.5) is 5.69 Å². The van der Waals surface area contributed by atoms with E-state index in [-0.39, 0.29) is 22.7 Å². The fourth-order valence-electron chi connectivity index (χ4n) is 1.82. The SMILES string of the molecule is CC(NC(=O)c1ccncc1Cl)c1cccc([N+](=O)[O-])c1. The van der Waals surface area contributed by atoms with Gasteiger partial charge in [-0.3, -0.25) is 19.9 Å². The summed E-state index contributed by atoms with van der Waals surface area (Å²) in [6.07, 6.45) is 2.85. The minimum absolute atomic E-state index is 0.0180. The summed E-state index contributed by atoms with van der Waals surface area (Å²) >= 11 is 5.90. The van der Waals surface area contributed by atoms with E-state index in [2.05, 4.69) is 10.3 Å². The zero-order chi connectivity index (χ0) is 15.4. The van der Waals surface area contributed by atoms with E-state index in [0.717, 1.165) is 0 Å². The summed E-state index contributed by atoms with van der Waals surface area (Å²) in [4.78, 5) is 26.2. The van der Waals surface area contributed by atoms with Crippen LogP contribution >= 0.6 is 11.6 Å². The van der Waals surface area contributed by atoms with Crippen molar-refractivity contribution in [1.82, 2.24) is 10.3 Å². The number of rotatable bonds is 4. The fourth-order valence-corrected chi connectivity index (χ4v) is 2.03. The van der Waals surface area contributed by atoms with Gasteiger partial charge in [0.15, 0.2) is 0 Å². The van der Waals surface area contributed by atoms with Gasteiger partial charge in [0, 0.05) is 24.5 Å². The quantitative estimate of drug-likeness (QED) is 0.694. The highest BCUT2D eigenvalue weighted by atomic mass is 35.5. The van der Waals surface area contributed by atoms with Gasteiger partial charge >= 0.3 is 0 Å². The number of nitrogens with zero attached hydrogens (tertiary/aromatic N) is 2. The smallest absolute Gasteiger partial charge is 0.269 e. The van der Waals surface area contributed by atoms with E-state index in [1.807, 2.05) is 0 Å². The van der Waals surface area contributed by atoms with Crippen molar-refractivity contribution in [2.24, 2.45) is 0 Å². The molecule has 0 saturated heterocycles. The fraction of sp³-hybridized carbons (Fsp3) is 0.143. The van der Waals surface area contributed by atoms with Crippen LogP contribution in [0.2, 0.25) is 5.02 Å². The molecule has 0 radical (unpaired) electrons. The molecular formula is C14H12ClN3O3. The van der Waals surface area contributed by atoms with E-state index in [4.69, 9.17) is 11.6 Å². The van der Waals surface area contributed by atoms with Crippen molar-refractivity contribution >= 4 is 23.2 Å². The third kappa shape index (κ3) is 3.55. The van der Waals surface area contributed by atoms with E-state index in [0.29, 0.717) is 11.1 Å². The molecule has 1 N–H and O–H groups in total. The lowest BCUT2D eigenvalue weighted by Gasteiger charge is -2.14. The number of benzene rings is 1. The molecule has 0 bridgehead atoms. The Labute approximate surface area is 125 Å². The third-order valence-electron chi connectivity index (χ3n) is 2.95. The van der Waals surface area contributed by atoms with Crippen LogP contribution < -0.4 is 5.32 Å². The molecule has 2 rings (SSSR count). The van der Waals surface area contributed by atoms with Gasteiger partial charge < -0.3 is 5.32 Å². The molecule has 0 saturated carbocycles. The van der Waals surface area contributed by atoms with Gasteiger partial charge in [-0.05, 0) is 18.6 Å². The Hall–Kier alpha value is -2.47. The number of nitrogens with one attached hydrogen (secondary N) is 1.